The van der Waals surface area contributed by atoms with Gasteiger partial charge in [-0.05, 0) is 43.7 Å². The molecule has 2 aromatic rings. The van der Waals surface area contributed by atoms with Crippen molar-refractivity contribution in [3.8, 4) is 0 Å². The van der Waals surface area contributed by atoms with Crippen LogP contribution in [-0.4, -0.2) is 27.9 Å². The molecule has 7 heteroatoms. The van der Waals surface area contributed by atoms with E-state index in [1.54, 1.807) is 36.4 Å². The van der Waals surface area contributed by atoms with Crippen molar-refractivity contribution in [1.29, 1.82) is 0 Å². The molecule has 0 aliphatic carbocycles. The quantitative estimate of drug-likeness (QED) is 0.721. The van der Waals surface area contributed by atoms with Gasteiger partial charge in [0.2, 0.25) is 0 Å². The van der Waals surface area contributed by atoms with Gasteiger partial charge in [-0.25, -0.2) is 8.42 Å². The lowest BCUT2D eigenvalue weighted by Crippen LogP contribution is -2.27. The second kappa shape index (κ2) is 8.56. The van der Waals surface area contributed by atoms with Gasteiger partial charge >= 0.3 is 0 Å². The van der Waals surface area contributed by atoms with E-state index in [2.05, 4.69) is 5.32 Å². The predicted octanol–water partition coefficient (Wildman–Crippen LogP) is 4.00. The van der Waals surface area contributed by atoms with Gasteiger partial charge in [0.15, 0.2) is 0 Å². The Morgan fingerprint density at radius 2 is 1.81 bits per heavy atom. The molecule has 0 aliphatic heterocycles. The maximum atomic E-state index is 12.8. The molecule has 0 saturated heterocycles. The van der Waals surface area contributed by atoms with Crippen LogP contribution < -0.4 is 9.62 Å². The van der Waals surface area contributed by atoms with Crippen molar-refractivity contribution in [2.75, 3.05) is 17.9 Å². The number of hydrogen-bond acceptors (Lipinski definition) is 3. The van der Waals surface area contributed by atoms with Gasteiger partial charge in [-0.15, -0.1) is 0 Å². The number of halogens is 1. The Morgan fingerprint density at radius 1 is 1.15 bits per heavy atom. The first-order valence-corrected chi connectivity index (χ1v) is 10.2. The molecule has 1 amide bonds. The summed E-state index contributed by atoms with van der Waals surface area (Å²) in [5, 5.41) is 3.01. The number of anilines is 1. The zero-order valence-corrected chi connectivity index (χ0v) is 16.7. The van der Waals surface area contributed by atoms with E-state index >= 15 is 0 Å². The first-order valence-electron chi connectivity index (χ1n) is 8.40. The minimum absolute atomic E-state index is 0.197. The Kier molecular flexibility index (Phi) is 6.67. The van der Waals surface area contributed by atoms with E-state index in [1.165, 1.54) is 13.1 Å². The lowest BCUT2D eigenvalue weighted by Gasteiger charge is -2.20. The summed E-state index contributed by atoms with van der Waals surface area (Å²) in [5.41, 5.74) is 1.70. The Morgan fingerprint density at radius 3 is 2.38 bits per heavy atom. The van der Waals surface area contributed by atoms with Crippen molar-refractivity contribution in [2.24, 2.45) is 0 Å². The standard InChI is InChI=1S/C19H23ClN2O3S/c1-4-5-12-21-19(23)17-11-8-15(13-18(17)20)22(3)26(24,25)16-9-6-14(2)7-10-16/h6-11,13H,4-5,12H2,1-3H3,(H,21,23). The first-order chi connectivity index (χ1) is 12.3. The Labute approximate surface area is 160 Å². The number of benzene rings is 2. The molecule has 0 heterocycles. The van der Waals surface area contributed by atoms with Crippen LogP contribution in [0.5, 0.6) is 0 Å². The smallest absolute Gasteiger partial charge is 0.264 e. The number of hydrogen-bond donors (Lipinski definition) is 1. The molecule has 0 spiro atoms. The average Bonchev–Trinajstić information content (AvgIpc) is 2.61. The van der Waals surface area contributed by atoms with Crippen LogP contribution in [0.15, 0.2) is 47.4 Å². The van der Waals surface area contributed by atoms with Crippen LogP contribution in [0.25, 0.3) is 0 Å². The monoisotopic (exact) mass is 394 g/mol. The summed E-state index contributed by atoms with van der Waals surface area (Å²) in [6.07, 6.45) is 1.87. The van der Waals surface area contributed by atoms with Gasteiger partial charge in [0.05, 0.1) is 21.2 Å². The van der Waals surface area contributed by atoms with E-state index in [-0.39, 0.29) is 15.8 Å². The van der Waals surface area contributed by atoms with Gasteiger partial charge in [0.25, 0.3) is 15.9 Å². The first kappa shape index (κ1) is 20.3. The van der Waals surface area contributed by atoms with E-state index < -0.39 is 10.0 Å². The van der Waals surface area contributed by atoms with Crippen LogP contribution in [-0.2, 0) is 10.0 Å². The fourth-order valence-electron chi connectivity index (χ4n) is 2.37. The molecule has 5 nitrogen and oxygen atoms in total. The molecule has 0 bridgehead atoms. The number of aryl methyl sites for hydroxylation is 1. The summed E-state index contributed by atoms with van der Waals surface area (Å²) >= 11 is 6.22. The van der Waals surface area contributed by atoms with Crippen molar-refractivity contribution >= 4 is 33.2 Å². The van der Waals surface area contributed by atoms with Crippen LogP contribution in [0.1, 0.15) is 35.7 Å². The molecule has 2 rings (SSSR count). The van der Waals surface area contributed by atoms with Gasteiger partial charge in [-0.3, -0.25) is 9.10 Å². The fourth-order valence-corrected chi connectivity index (χ4v) is 3.81. The van der Waals surface area contributed by atoms with E-state index in [0.29, 0.717) is 17.8 Å². The molecule has 0 saturated carbocycles. The summed E-state index contributed by atoms with van der Waals surface area (Å²) in [6, 6.07) is 11.2. The highest BCUT2D eigenvalue weighted by Gasteiger charge is 2.22. The predicted molar refractivity (Wildman–Crippen MR) is 105 cm³/mol. The maximum Gasteiger partial charge on any atom is 0.264 e. The third-order valence-corrected chi connectivity index (χ3v) is 6.17. The molecular formula is C19H23ClN2O3S. The molecule has 0 radical (unpaired) electrons. The number of rotatable bonds is 7. The van der Waals surface area contributed by atoms with E-state index in [4.69, 9.17) is 11.6 Å². The van der Waals surface area contributed by atoms with Gasteiger partial charge in [-0.2, -0.15) is 0 Å². The van der Waals surface area contributed by atoms with Gasteiger partial charge in [0, 0.05) is 13.6 Å². The number of nitrogens with zero attached hydrogens (tertiary/aromatic N) is 1. The average molecular weight is 395 g/mol. The van der Waals surface area contributed by atoms with E-state index in [9.17, 15) is 13.2 Å². The topological polar surface area (TPSA) is 66.5 Å². The van der Waals surface area contributed by atoms with Crippen LogP contribution in [0.4, 0.5) is 5.69 Å². The minimum atomic E-state index is -3.70. The van der Waals surface area contributed by atoms with Gasteiger partial charge in [0.1, 0.15) is 0 Å². The summed E-state index contributed by atoms with van der Waals surface area (Å²) in [6.45, 7) is 4.51. The lowest BCUT2D eigenvalue weighted by molar-refractivity contribution is 0.0953. The normalized spacial score (nSPS) is 11.2. The number of amides is 1. The largest absolute Gasteiger partial charge is 0.352 e. The molecular weight excluding hydrogens is 372 g/mol. The van der Waals surface area contributed by atoms with Gasteiger partial charge in [-0.1, -0.05) is 42.6 Å². The summed E-state index contributed by atoms with van der Waals surface area (Å²) in [7, 11) is -2.24. The van der Waals surface area contributed by atoms with Crippen LogP contribution in [0.2, 0.25) is 5.02 Å². The molecule has 0 aromatic heterocycles. The number of carbonyl (C=O) groups excluding carboxylic acids is 1. The van der Waals surface area contributed by atoms with Crippen LogP contribution in [0, 0.1) is 6.92 Å². The minimum Gasteiger partial charge on any atom is -0.352 e. The highest BCUT2D eigenvalue weighted by molar-refractivity contribution is 7.92. The molecule has 2 aromatic carbocycles. The fraction of sp³-hybridized carbons (Fsp3) is 0.316. The SMILES string of the molecule is CCCCNC(=O)c1ccc(N(C)S(=O)(=O)c2ccc(C)cc2)cc1Cl. The Bertz CT molecular complexity index is 880. The molecule has 0 unspecified atom stereocenters. The molecule has 140 valence electrons. The molecule has 0 fully saturated rings. The van der Waals surface area contributed by atoms with Crippen molar-refractivity contribution in [3.63, 3.8) is 0 Å². The second-order valence-corrected chi connectivity index (χ2v) is 8.44. The molecule has 0 atom stereocenters. The lowest BCUT2D eigenvalue weighted by atomic mass is 10.2. The third-order valence-electron chi connectivity index (χ3n) is 4.06. The van der Waals surface area contributed by atoms with Crippen molar-refractivity contribution in [2.45, 2.75) is 31.6 Å². The summed E-state index contributed by atoms with van der Waals surface area (Å²) in [5.74, 6) is -0.265. The summed E-state index contributed by atoms with van der Waals surface area (Å²) < 4.78 is 26.7. The van der Waals surface area contributed by atoms with Crippen LogP contribution in [0.3, 0.4) is 0 Å². The number of nitrogens with one attached hydrogen (secondary N) is 1. The second-order valence-electron chi connectivity index (χ2n) is 6.06. The van der Waals surface area contributed by atoms with Gasteiger partial charge < -0.3 is 5.32 Å². The zero-order valence-electron chi connectivity index (χ0n) is 15.1. The molecule has 26 heavy (non-hydrogen) atoms. The van der Waals surface area contributed by atoms with E-state index in [0.717, 1.165) is 22.7 Å². The Hall–Kier alpha value is -2.05. The Balaban J connectivity index is 2.24. The highest BCUT2D eigenvalue weighted by Crippen LogP contribution is 2.27. The van der Waals surface area contributed by atoms with E-state index in [1.807, 2.05) is 13.8 Å². The van der Waals surface area contributed by atoms with Crippen molar-refractivity contribution in [3.05, 3.63) is 58.6 Å². The van der Waals surface area contributed by atoms with Crippen LogP contribution >= 0.6 is 11.6 Å². The number of unbranched alkanes of at least 4 members (excludes halogenated alkanes) is 1. The maximum absolute atomic E-state index is 12.8. The van der Waals surface area contributed by atoms with Crippen molar-refractivity contribution < 1.29 is 13.2 Å². The number of carbonyl (C=O) groups is 1. The molecule has 0 aliphatic rings. The molecule has 1 N–H and O–H groups in total. The highest BCUT2D eigenvalue weighted by atomic mass is 35.5. The third kappa shape index (κ3) is 4.56. The summed E-state index contributed by atoms with van der Waals surface area (Å²) in [4.78, 5) is 12.3. The number of sulfonamides is 1. The van der Waals surface area contributed by atoms with Crippen molar-refractivity contribution in [1.82, 2.24) is 5.32 Å². The zero-order chi connectivity index (χ0) is 19.3.